The standard InChI is InChI=1S/C56H98O6/c1-4-7-10-13-16-19-21-22-23-24-25-26-27-28-29-30-31-32-33-34-36-37-40-43-46-49-55(58)61-52-53(51-60-54(57)48-45-42-39-18-15-12-9-6-3)62-56(59)50-47-44-41-38-35-20-17-14-11-8-5-2/h7,10,16,19,22-23,25-26,28-29,53H,4-6,8-9,11-15,17-18,20-21,24,27,30-52H2,1-3H3/b10-7-,19-16-,23-22-,26-25-,29-28-. The lowest BCUT2D eigenvalue weighted by Gasteiger charge is -2.18. The molecule has 0 aliphatic heterocycles. The predicted octanol–water partition coefficient (Wildman–Crippen LogP) is 17.3. The lowest BCUT2D eigenvalue weighted by molar-refractivity contribution is -0.167. The highest BCUT2D eigenvalue weighted by molar-refractivity contribution is 5.71. The van der Waals surface area contributed by atoms with Crippen molar-refractivity contribution in [2.24, 2.45) is 0 Å². The number of carbonyl (C=O) groups is 3. The largest absolute Gasteiger partial charge is 0.462 e. The molecular weight excluding hydrogens is 769 g/mol. The fourth-order valence-corrected chi connectivity index (χ4v) is 7.35. The van der Waals surface area contributed by atoms with Gasteiger partial charge in [-0.1, -0.05) is 236 Å². The second kappa shape index (κ2) is 50.8. The summed E-state index contributed by atoms with van der Waals surface area (Å²) in [6.07, 6.45) is 62.2. The molecule has 0 heterocycles. The second-order valence-corrected chi connectivity index (χ2v) is 17.4. The number of hydrogen-bond donors (Lipinski definition) is 0. The van der Waals surface area contributed by atoms with E-state index in [-0.39, 0.29) is 31.1 Å². The van der Waals surface area contributed by atoms with E-state index in [9.17, 15) is 14.4 Å². The first kappa shape index (κ1) is 59.1. The molecule has 0 N–H and O–H groups in total. The van der Waals surface area contributed by atoms with E-state index in [2.05, 4.69) is 81.5 Å². The zero-order chi connectivity index (χ0) is 45.1. The monoisotopic (exact) mass is 867 g/mol. The van der Waals surface area contributed by atoms with Gasteiger partial charge in [0.2, 0.25) is 0 Å². The van der Waals surface area contributed by atoms with Crippen LogP contribution in [0.5, 0.6) is 0 Å². The fraction of sp³-hybridized carbons (Fsp3) is 0.768. The summed E-state index contributed by atoms with van der Waals surface area (Å²) in [5.41, 5.74) is 0. The maximum atomic E-state index is 12.7. The van der Waals surface area contributed by atoms with E-state index in [1.54, 1.807) is 0 Å². The number of rotatable bonds is 47. The van der Waals surface area contributed by atoms with Gasteiger partial charge in [0.05, 0.1) is 0 Å². The van der Waals surface area contributed by atoms with E-state index < -0.39 is 6.10 Å². The molecule has 0 aromatic rings. The second-order valence-electron chi connectivity index (χ2n) is 17.4. The van der Waals surface area contributed by atoms with Crippen LogP contribution in [0.25, 0.3) is 0 Å². The van der Waals surface area contributed by atoms with Crippen LogP contribution < -0.4 is 0 Å². The number of carbonyl (C=O) groups excluding carboxylic acids is 3. The van der Waals surface area contributed by atoms with Crippen LogP contribution in [-0.2, 0) is 28.6 Å². The van der Waals surface area contributed by atoms with Crippen LogP contribution in [0.4, 0.5) is 0 Å². The van der Waals surface area contributed by atoms with E-state index in [4.69, 9.17) is 14.2 Å². The molecule has 0 bridgehead atoms. The molecule has 0 amide bonds. The van der Waals surface area contributed by atoms with Gasteiger partial charge in [0.1, 0.15) is 13.2 Å². The van der Waals surface area contributed by atoms with Crippen molar-refractivity contribution in [2.75, 3.05) is 13.2 Å². The maximum absolute atomic E-state index is 12.7. The van der Waals surface area contributed by atoms with Gasteiger partial charge in [-0.05, 0) is 64.2 Å². The Morgan fingerprint density at radius 2 is 0.629 bits per heavy atom. The lowest BCUT2D eigenvalue weighted by Crippen LogP contribution is -2.30. The predicted molar refractivity (Wildman–Crippen MR) is 265 cm³/mol. The molecule has 0 aromatic carbocycles. The minimum atomic E-state index is -0.770. The van der Waals surface area contributed by atoms with Gasteiger partial charge in [-0.2, -0.15) is 0 Å². The first-order valence-electron chi connectivity index (χ1n) is 26.3. The highest BCUT2D eigenvalue weighted by Crippen LogP contribution is 2.15. The molecule has 0 aliphatic rings. The summed E-state index contributed by atoms with van der Waals surface area (Å²) in [6.45, 7) is 6.49. The normalized spacial score (nSPS) is 12.5. The molecule has 6 heteroatoms. The quantitative estimate of drug-likeness (QED) is 0.0262. The first-order valence-corrected chi connectivity index (χ1v) is 26.3. The third kappa shape index (κ3) is 48.1. The zero-order valence-corrected chi connectivity index (χ0v) is 40.9. The molecule has 0 aromatic heterocycles. The highest BCUT2D eigenvalue weighted by atomic mass is 16.6. The van der Waals surface area contributed by atoms with Gasteiger partial charge in [0, 0.05) is 19.3 Å². The Morgan fingerprint density at radius 3 is 0.984 bits per heavy atom. The summed E-state index contributed by atoms with van der Waals surface area (Å²) in [5.74, 6) is -0.879. The summed E-state index contributed by atoms with van der Waals surface area (Å²) in [4.78, 5) is 37.8. The van der Waals surface area contributed by atoms with Crippen molar-refractivity contribution in [3.63, 3.8) is 0 Å². The first-order chi connectivity index (χ1) is 30.5. The van der Waals surface area contributed by atoms with Crippen molar-refractivity contribution in [1.29, 1.82) is 0 Å². The lowest BCUT2D eigenvalue weighted by atomic mass is 10.1. The zero-order valence-electron chi connectivity index (χ0n) is 40.9. The molecule has 0 radical (unpaired) electrons. The molecule has 0 spiro atoms. The Balaban J connectivity index is 4.17. The average molecular weight is 867 g/mol. The van der Waals surface area contributed by atoms with E-state index >= 15 is 0 Å². The topological polar surface area (TPSA) is 78.9 Å². The number of esters is 3. The van der Waals surface area contributed by atoms with E-state index in [0.717, 1.165) is 96.3 Å². The SMILES string of the molecule is CC/C=C\C/C=C\C/C=C\C/C=C\C/C=C\CCCCCCCCCCCC(=O)OCC(COC(=O)CCCCCCCCCC)OC(=O)CCCCCCCCCCCCC. The van der Waals surface area contributed by atoms with Gasteiger partial charge >= 0.3 is 17.9 Å². The van der Waals surface area contributed by atoms with Crippen LogP contribution in [0.2, 0.25) is 0 Å². The van der Waals surface area contributed by atoms with Crippen molar-refractivity contribution in [3.05, 3.63) is 60.8 Å². The van der Waals surface area contributed by atoms with Gasteiger partial charge in [-0.25, -0.2) is 0 Å². The van der Waals surface area contributed by atoms with Gasteiger partial charge in [0.15, 0.2) is 6.10 Å². The number of allylic oxidation sites excluding steroid dienone is 10. The van der Waals surface area contributed by atoms with Gasteiger partial charge in [0.25, 0.3) is 0 Å². The Hall–Kier alpha value is -2.89. The van der Waals surface area contributed by atoms with Crippen molar-refractivity contribution in [3.8, 4) is 0 Å². The van der Waals surface area contributed by atoms with E-state index in [1.165, 1.54) is 122 Å². The molecule has 1 atom stereocenters. The van der Waals surface area contributed by atoms with Gasteiger partial charge < -0.3 is 14.2 Å². The van der Waals surface area contributed by atoms with Crippen LogP contribution in [-0.4, -0.2) is 37.2 Å². The Kier molecular flexibility index (Phi) is 48.4. The van der Waals surface area contributed by atoms with Crippen LogP contribution in [0, 0.1) is 0 Å². The molecule has 0 rings (SSSR count). The smallest absolute Gasteiger partial charge is 0.306 e. The summed E-state index contributed by atoms with van der Waals surface area (Å²) < 4.78 is 16.7. The van der Waals surface area contributed by atoms with Crippen molar-refractivity contribution in [1.82, 2.24) is 0 Å². The van der Waals surface area contributed by atoms with E-state index in [0.29, 0.717) is 19.3 Å². The number of ether oxygens (including phenoxy) is 3. The van der Waals surface area contributed by atoms with Crippen LogP contribution >= 0.6 is 0 Å². The van der Waals surface area contributed by atoms with Gasteiger partial charge in [-0.3, -0.25) is 14.4 Å². The Bertz CT molecular complexity index is 1130. The minimum Gasteiger partial charge on any atom is -0.462 e. The molecular formula is C56H98O6. The fourth-order valence-electron chi connectivity index (χ4n) is 7.35. The van der Waals surface area contributed by atoms with Crippen molar-refractivity contribution >= 4 is 17.9 Å². The molecule has 62 heavy (non-hydrogen) atoms. The number of hydrogen-bond acceptors (Lipinski definition) is 6. The third-order valence-electron chi connectivity index (χ3n) is 11.3. The van der Waals surface area contributed by atoms with Gasteiger partial charge in [-0.15, -0.1) is 0 Å². The average Bonchev–Trinajstić information content (AvgIpc) is 3.27. The summed E-state index contributed by atoms with van der Waals surface area (Å²) in [7, 11) is 0. The minimum absolute atomic E-state index is 0.0729. The molecule has 0 aliphatic carbocycles. The highest BCUT2D eigenvalue weighted by Gasteiger charge is 2.19. The molecule has 0 fully saturated rings. The molecule has 358 valence electrons. The van der Waals surface area contributed by atoms with Crippen LogP contribution in [0.1, 0.15) is 258 Å². The molecule has 1 unspecified atom stereocenters. The van der Waals surface area contributed by atoms with Crippen LogP contribution in [0.15, 0.2) is 60.8 Å². The Labute approximate surface area is 383 Å². The third-order valence-corrected chi connectivity index (χ3v) is 11.3. The summed E-state index contributed by atoms with van der Waals surface area (Å²) in [6, 6.07) is 0. The van der Waals surface area contributed by atoms with Crippen LogP contribution in [0.3, 0.4) is 0 Å². The summed E-state index contributed by atoms with van der Waals surface area (Å²) in [5, 5.41) is 0. The van der Waals surface area contributed by atoms with Crippen molar-refractivity contribution in [2.45, 2.75) is 264 Å². The summed E-state index contributed by atoms with van der Waals surface area (Å²) >= 11 is 0. The van der Waals surface area contributed by atoms with E-state index in [1.807, 2.05) is 0 Å². The maximum Gasteiger partial charge on any atom is 0.306 e. The van der Waals surface area contributed by atoms with Crippen molar-refractivity contribution < 1.29 is 28.6 Å². The molecule has 6 nitrogen and oxygen atoms in total. The molecule has 0 saturated carbocycles. The number of unbranched alkanes of at least 4 members (excludes halogenated alkanes) is 26. The molecule has 0 saturated heterocycles. The Morgan fingerprint density at radius 1 is 0.339 bits per heavy atom.